The second-order valence-electron chi connectivity index (χ2n) is 3.10. The van der Waals surface area contributed by atoms with Gasteiger partial charge in [0.2, 0.25) is 0 Å². The van der Waals surface area contributed by atoms with Crippen LogP contribution in [0.25, 0.3) is 6.08 Å². The zero-order valence-corrected chi connectivity index (χ0v) is 8.71. The van der Waals surface area contributed by atoms with E-state index < -0.39 is 11.7 Å². The smallest absolute Gasteiger partial charge is 0.419 e. The minimum atomic E-state index is -4.42. The highest BCUT2D eigenvalue weighted by Gasteiger charge is 2.34. The number of nitrogens with two attached hydrogens (primary N) is 1. The molecule has 1 aromatic carbocycles. The first-order valence-corrected chi connectivity index (χ1v) is 4.61. The van der Waals surface area contributed by atoms with E-state index in [1.807, 2.05) is 0 Å². The molecule has 0 unspecified atom stereocenters. The minimum Gasteiger partial charge on any atom is -0.496 e. The molecular formula is C11H12F3NO. The summed E-state index contributed by atoms with van der Waals surface area (Å²) in [5.41, 5.74) is 4.88. The highest BCUT2D eigenvalue weighted by Crippen LogP contribution is 2.36. The molecule has 0 amide bonds. The first-order chi connectivity index (χ1) is 7.49. The van der Waals surface area contributed by atoms with Crippen LogP contribution >= 0.6 is 0 Å². The third-order valence-electron chi connectivity index (χ3n) is 1.98. The summed E-state index contributed by atoms with van der Waals surface area (Å²) < 4.78 is 42.5. The quantitative estimate of drug-likeness (QED) is 0.868. The Morgan fingerprint density at radius 1 is 1.38 bits per heavy atom. The van der Waals surface area contributed by atoms with E-state index in [0.29, 0.717) is 5.56 Å². The fourth-order valence-electron chi connectivity index (χ4n) is 1.25. The van der Waals surface area contributed by atoms with Crippen molar-refractivity contribution in [3.63, 3.8) is 0 Å². The van der Waals surface area contributed by atoms with E-state index in [1.165, 1.54) is 19.3 Å². The third-order valence-corrected chi connectivity index (χ3v) is 1.98. The van der Waals surface area contributed by atoms with Crippen molar-refractivity contribution in [2.75, 3.05) is 13.7 Å². The molecule has 1 rings (SSSR count). The summed E-state index contributed by atoms with van der Waals surface area (Å²) in [5, 5.41) is 0. The first kappa shape index (κ1) is 12.6. The van der Waals surface area contributed by atoms with E-state index in [9.17, 15) is 13.2 Å². The molecule has 0 bridgehead atoms. The topological polar surface area (TPSA) is 35.2 Å². The SMILES string of the molecule is COc1ccc(C=CCN)cc1C(F)(F)F. The molecule has 0 saturated heterocycles. The zero-order chi connectivity index (χ0) is 12.2. The molecule has 0 atom stereocenters. The molecule has 0 aromatic heterocycles. The Hall–Kier alpha value is -1.49. The van der Waals surface area contributed by atoms with Crippen molar-refractivity contribution in [3.05, 3.63) is 35.4 Å². The number of alkyl halides is 3. The highest BCUT2D eigenvalue weighted by molar-refractivity contribution is 5.54. The molecule has 0 saturated carbocycles. The highest BCUT2D eigenvalue weighted by atomic mass is 19.4. The van der Waals surface area contributed by atoms with Crippen molar-refractivity contribution in [2.24, 2.45) is 5.73 Å². The molecule has 0 aliphatic rings. The normalized spacial score (nSPS) is 12.1. The fourth-order valence-corrected chi connectivity index (χ4v) is 1.25. The van der Waals surface area contributed by atoms with E-state index in [4.69, 9.17) is 5.73 Å². The van der Waals surface area contributed by atoms with Crippen molar-refractivity contribution in [3.8, 4) is 5.75 Å². The predicted octanol–water partition coefficient (Wildman–Crippen LogP) is 2.69. The van der Waals surface area contributed by atoms with Crippen LogP contribution < -0.4 is 10.5 Å². The van der Waals surface area contributed by atoms with Gasteiger partial charge in [-0.3, -0.25) is 0 Å². The molecular weight excluding hydrogens is 219 g/mol. The van der Waals surface area contributed by atoms with E-state index >= 15 is 0 Å². The lowest BCUT2D eigenvalue weighted by Gasteiger charge is -2.12. The summed E-state index contributed by atoms with van der Waals surface area (Å²) >= 11 is 0. The number of hydrogen-bond donors (Lipinski definition) is 1. The minimum absolute atomic E-state index is 0.183. The monoisotopic (exact) mass is 231 g/mol. The average Bonchev–Trinajstić information content (AvgIpc) is 2.24. The van der Waals surface area contributed by atoms with Crippen molar-refractivity contribution in [1.82, 2.24) is 0 Å². The number of hydrogen-bond acceptors (Lipinski definition) is 2. The maximum atomic E-state index is 12.6. The summed E-state index contributed by atoms with van der Waals surface area (Å²) in [6, 6.07) is 3.87. The van der Waals surface area contributed by atoms with Crippen molar-refractivity contribution < 1.29 is 17.9 Å². The van der Waals surface area contributed by atoms with E-state index in [2.05, 4.69) is 4.74 Å². The van der Waals surface area contributed by atoms with Gasteiger partial charge in [-0.15, -0.1) is 0 Å². The van der Waals surface area contributed by atoms with Gasteiger partial charge in [0.15, 0.2) is 0 Å². The number of benzene rings is 1. The van der Waals surface area contributed by atoms with Crippen LogP contribution in [0.3, 0.4) is 0 Å². The van der Waals surface area contributed by atoms with Crippen LogP contribution in [0.4, 0.5) is 13.2 Å². The molecule has 0 radical (unpaired) electrons. The summed E-state index contributed by atoms with van der Waals surface area (Å²) in [4.78, 5) is 0. The molecule has 0 aliphatic carbocycles. The molecule has 2 nitrogen and oxygen atoms in total. The second-order valence-corrected chi connectivity index (χ2v) is 3.10. The molecule has 0 aliphatic heterocycles. The zero-order valence-electron chi connectivity index (χ0n) is 8.71. The van der Waals surface area contributed by atoms with Gasteiger partial charge in [-0.05, 0) is 17.7 Å². The van der Waals surface area contributed by atoms with Gasteiger partial charge in [0.1, 0.15) is 5.75 Å². The molecule has 16 heavy (non-hydrogen) atoms. The summed E-state index contributed by atoms with van der Waals surface area (Å²) in [7, 11) is 1.21. The molecule has 0 fully saturated rings. The first-order valence-electron chi connectivity index (χ1n) is 4.61. The molecule has 88 valence electrons. The van der Waals surface area contributed by atoms with Crippen LogP contribution in [-0.4, -0.2) is 13.7 Å². The molecule has 1 aromatic rings. The van der Waals surface area contributed by atoms with Gasteiger partial charge in [-0.25, -0.2) is 0 Å². The summed E-state index contributed by atoms with van der Waals surface area (Å²) in [6.45, 7) is 0.285. The van der Waals surface area contributed by atoms with Gasteiger partial charge in [0.05, 0.1) is 12.7 Å². The van der Waals surface area contributed by atoms with Crippen LogP contribution in [0, 0.1) is 0 Å². The number of rotatable bonds is 3. The molecule has 0 heterocycles. The Balaban J connectivity index is 3.16. The van der Waals surface area contributed by atoms with E-state index in [1.54, 1.807) is 12.1 Å². The number of ether oxygens (including phenoxy) is 1. The third kappa shape index (κ3) is 3.00. The molecule has 2 N–H and O–H groups in total. The van der Waals surface area contributed by atoms with Crippen molar-refractivity contribution >= 4 is 6.08 Å². The Kier molecular flexibility index (Phi) is 3.95. The summed E-state index contributed by atoms with van der Waals surface area (Å²) in [6.07, 6.45) is -1.30. The number of halogens is 3. The van der Waals surface area contributed by atoms with Crippen LogP contribution in [0.15, 0.2) is 24.3 Å². The Morgan fingerprint density at radius 2 is 2.06 bits per heavy atom. The van der Waals surface area contributed by atoms with Crippen molar-refractivity contribution in [2.45, 2.75) is 6.18 Å². The average molecular weight is 231 g/mol. The van der Waals surface area contributed by atoms with Crippen LogP contribution in [0.2, 0.25) is 0 Å². The van der Waals surface area contributed by atoms with Gasteiger partial charge in [-0.2, -0.15) is 13.2 Å². The predicted molar refractivity (Wildman–Crippen MR) is 56.1 cm³/mol. The van der Waals surface area contributed by atoms with Gasteiger partial charge in [-0.1, -0.05) is 18.2 Å². The van der Waals surface area contributed by atoms with E-state index in [0.717, 1.165) is 6.07 Å². The van der Waals surface area contributed by atoms with Gasteiger partial charge < -0.3 is 10.5 Å². The maximum absolute atomic E-state index is 12.6. The fraction of sp³-hybridized carbons (Fsp3) is 0.273. The van der Waals surface area contributed by atoms with Crippen LogP contribution in [0.1, 0.15) is 11.1 Å². The Labute approximate surface area is 91.5 Å². The van der Waals surface area contributed by atoms with Gasteiger partial charge in [0.25, 0.3) is 0 Å². The van der Waals surface area contributed by atoms with Crippen LogP contribution in [-0.2, 0) is 6.18 Å². The largest absolute Gasteiger partial charge is 0.496 e. The molecule has 0 spiro atoms. The van der Waals surface area contributed by atoms with Crippen molar-refractivity contribution in [1.29, 1.82) is 0 Å². The lowest BCUT2D eigenvalue weighted by atomic mass is 10.1. The lowest BCUT2D eigenvalue weighted by Crippen LogP contribution is -2.07. The van der Waals surface area contributed by atoms with Gasteiger partial charge in [0, 0.05) is 6.54 Å². The second kappa shape index (κ2) is 5.03. The lowest BCUT2D eigenvalue weighted by molar-refractivity contribution is -0.138. The Bertz CT molecular complexity index is 385. The van der Waals surface area contributed by atoms with Crippen LogP contribution in [0.5, 0.6) is 5.75 Å². The Morgan fingerprint density at radius 3 is 2.56 bits per heavy atom. The molecule has 5 heteroatoms. The van der Waals surface area contributed by atoms with Gasteiger partial charge >= 0.3 is 6.18 Å². The maximum Gasteiger partial charge on any atom is 0.419 e. The number of methoxy groups -OCH3 is 1. The standard InChI is InChI=1S/C11H12F3NO/c1-16-10-5-4-8(3-2-6-15)7-9(10)11(12,13)14/h2-5,7H,6,15H2,1H3. The summed E-state index contributed by atoms with van der Waals surface area (Å²) in [5.74, 6) is -0.183. The van der Waals surface area contributed by atoms with E-state index in [-0.39, 0.29) is 12.3 Å².